The summed E-state index contributed by atoms with van der Waals surface area (Å²) in [6.07, 6.45) is 3.81. The largest absolute Gasteiger partial charge is 0.362 e. The monoisotopic (exact) mass is 340 g/mol. The maximum atomic E-state index is 12.5. The van der Waals surface area contributed by atoms with Gasteiger partial charge in [-0.15, -0.1) is 0 Å². The predicted octanol–water partition coefficient (Wildman–Crippen LogP) is 1.78. The van der Waals surface area contributed by atoms with Gasteiger partial charge >= 0.3 is 0 Å². The molecular weight excluding hydrogens is 320 g/mol. The van der Waals surface area contributed by atoms with E-state index in [1.165, 1.54) is 0 Å². The smallest absolute Gasteiger partial charge is 0.255 e. The molecule has 1 aliphatic heterocycles. The lowest BCUT2D eigenvalue weighted by atomic mass is 9.99. The summed E-state index contributed by atoms with van der Waals surface area (Å²) >= 11 is 3.38. The van der Waals surface area contributed by atoms with Gasteiger partial charge in [0.2, 0.25) is 0 Å². The van der Waals surface area contributed by atoms with Gasteiger partial charge in [-0.3, -0.25) is 4.79 Å². The number of nitrogens with one attached hydrogen (secondary N) is 2. The van der Waals surface area contributed by atoms with Crippen molar-refractivity contribution in [1.82, 2.24) is 15.6 Å². The predicted molar refractivity (Wildman–Crippen MR) is 84.2 cm³/mol. The van der Waals surface area contributed by atoms with Gasteiger partial charge in [0.25, 0.3) is 5.91 Å². The molecule has 0 aliphatic carbocycles. The van der Waals surface area contributed by atoms with Crippen LogP contribution < -0.4 is 15.5 Å². The van der Waals surface area contributed by atoms with Crippen LogP contribution in [0, 0.1) is 0 Å². The standard InChI is InChI=1S/C14H21BrN4O/c1-9-12(5-4-6-16-9)18-14(20)11-7-10(15)8-17-13(11)19(2)3/h7-9,12,16H,4-6H2,1-3H3,(H,18,20). The molecule has 1 aromatic heterocycles. The highest BCUT2D eigenvalue weighted by Crippen LogP contribution is 2.20. The van der Waals surface area contributed by atoms with E-state index in [2.05, 4.69) is 38.5 Å². The Hall–Kier alpha value is -1.14. The maximum absolute atomic E-state index is 12.5. The van der Waals surface area contributed by atoms with Crippen molar-refractivity contribution < 1.29 is 4.79 Å². The van der Waals surface area contributed by atoms with Crippen molar-refractivity contribution in [3.05, 3.63) is 22.3 Å². The molecular formula is C14H21BrN4O. The Kier molecular flexibility index (Phi) is 4.99. The van der Waals surface area contributed by atoms with Crippen molar-refractivity contribution in [3.8, 4) is 0 Å². The van der Waals surface area contributed by atoms with E-state index >= 15 is 0 Å². The van der Waals surface area contributed by atoms with Crippen LogP contribution in [0.4, 0.5) is 5.82 Å². The lowest BCUT2D eigenvalue weighted by molar-refractivity contribution is 0.0920. The number of nitrogens with zero attached hydrogens (tertiary/aromatic N) is 2. The van der Waals surface area contributed by atoms with Gasteiger partial charge in [-0.25, -0.2) is 4.98 Å². The molecule has 1 amide bonds. The van der Waals surface area contributed by atoms with E-state index in [0.717, 1.165) is 23.9 Å². The molecule has 1 fully saturated rings. The minimum absolute atomic E-state index is 0.0666. The van der Waals surface area contributed by atoms with Gasteiger partial charge in [0.05, 0.1) is 5.56 Å². The first-order valence-electron chi connectivity index (χ1n) is 6.86. The van der Waals surface area contributed by atoms with E-state index in [1.54, 1.807) is 6.20 Å². The molecule has 2 unspecified atom stereocenters. The minimum atomic E-state index is -0.0666. The molecule has 2 N–H and O–H groups in total. The number of piperidine rings is 1. The van der Waals surface area contributed by atoms with Crippen LogP contribution in [0.1, 0.15) is 30.1 Å². The summed E-state index contributed by atoms with van der Waals surface area (Å²) in [6, 6.07) is 2.29. The Labute approximate surface area is 128 Å². The third-order valence-electron chi connectivity index (χ3n) is 3.58. The van der Waals surface area contributed by atoms with Crippen molar-refractivity contribution >= 4 is 27.7 Å². The molecule has 1 aliphatic rings. The van der Waals surface area contributed by atoms with Gasteiger partial charge in [-0.2, -0.15) is 0 Å². The fourth-order valence-electron chi connectivity index (χ4n) is 2.44. The van der Waals surface area contributed by atoms with Gasteiger partial charge in [-0.05, 0) is 48.3 Å². The van der Waals surface area contributed by atoms with Crippen molar-refractivity contribution in [2.75, 3.05) is 25.5 Å². The molecule has 2 atom stereocenters. The minimum Gasteiger partial charge on any atom is -0.362 e. The SMILES string of the molecule is CC1NCCCC1NC(=O)c1cc(Br)cnc1N(C)C. The number of carbonyl (C=O) groups is 1. The number of hydrogen-bond donors (Lipinski definition) is 2. The molecule has 0 radical (unpaired) electrons. The van der Waals surface area contributed by atoms with Crippen LogP contribution in [0.3, 0.4) is 0 Å². The summed E-state index contributed by atoms with van der Waals surface area (Å²) in [4.78, 5) is 18.7. The molecule has 5 nitrogen and oxygen atoms in total. The first kappa shape index (κ1) is 15.3. The van der Waals surface area contributed by atoms with Crippen molar-refractivity contribution in [3.63, 3.8) is 0 Å². The summed E-state index contributed by atoms with van der Waals surface area (Å²) in [5, 5.41) is 6.51. The average Bonchev–Trinajstić information content (AvgIpc) is 2.40. The normalized spacial score (nSPS) is 22.4. The van der Waals surface area contributed by atoms with E-state index in [0.29, 0.717) is 17.4 Å². The molecule has 0 saturated carbocycles. The maximum Gasteiger partial charge on any atom is 0.255 e. The van der Waals surface area contributed by atoms with Crippen LogP contribution in [0.2, 0.25) is 0 Å². The topological polar surface area (TPSA) is 57.3 Å². The Balaban J connectivity index is 2.18. The van der Waals surface area contributed by atoms with Gasteiger partial charge in [0, 0.05) is 36.8 Å². The number of aromatic nitrogens is 1. The number of amides is 1. The summed E-state index contributed by atoms with van der Waals surface area (Å²) in [5.41, 5.74) is 0.599. The highest BCUT2D eigenvalue weighted by molar-refractivity contribution is 9.10. The van der Waals surface area contributed by atoms with Crippen LogP contribution in [-0.2, 0) is 0 Å². The molecule has 6 heteroatoms. The van der Waals surface area contributed by atoms with Crippen LogP contribution in [0.5, 0.6) is 0 Å². The van der Waals surface area contributed by atoms with Gasteiger partial charge in [0.1, 0.15) is 5.82 Å². The summed E-state index contributed by atoms with van der Waals surface area (Å²) in [6.45, 7) is 3.13. The number of carbonyl (C=O) groups excluding carboxylic acids is 1. The van der Waals surface area contributed by atoms with Gasteiger partial charge < -0.3 is 15.5 Å². The molecule has 0 bridgehead atoms. The second-order valence-corrected chi connectivity index (χ2v) is 6.30. The summed E-state index contributed by atoms with van der Waals surface area (Å²) in [7, 11) is 3.77. The third kappa shape index (κ3) is 3.49. The van der Waals surface area contributed by atoms with E-state index in [4.69, 9.17) is 0 Å². The number of hydrogen-bond acceptors (Lipinski definition) is 4. The van der Waals surface area contributed by atoms with Crippen LogP contribution in [0.15, 0.2) is 16.7 Å². The number of anilines is 1. The van der Waals surface area contributed by atoms with Crippen molar-refractivity contribution in [1.29, 1.82) is 0 Å². The Bertz CT molecular complexity index is 492. The van der Waals surface area contributed by atoms with E-state index in [9.17, 15) is 4.79 Å². The molecule has 1 aromatic rings. The van der Waals surface area contributed by atoms with E-state index < -0.39 is 0 Å². The average molecular weight is 341 g/mol. The number of halogens is 1. The number of rotatable bonds is 3. The van der Waals surface area contributed by atoms with Gasteiger partial charge in [0.15, 0.2) is 0 Å². The highest BCUT2D eigenvalue weighted by Gasteiger charge is 2.24. The summed E-state index contributed by atoms with van der Waals surface area (Å²) < 4.78 is 0.808. The Morgan fingerprint density at radius 1 is 1.55 bits per heavy atom. The van der Waals surface area contributed by atoms with Crippen LogP contribution in [0.25, 0.3) is 0 Å². The zero-order chi connectivity index (χ0) is 14.7. The lowest BCUT2D eigenvalue weighted by Gasteiger charge is -2.31. The van der Waals surface area contributed by atoms with Crippen molar-refractivity contribution in [2.45, 2.75) is 31.8 Å². The fraction of sp³-hybridized carbons (Fsp3) is 0.571. The highest BCUT2D eigenvalue weighted by atomic mass is 79.9. The zero-order valence-electron chi connectivity index (χ0n) is 12.1. The zero-order valence-corrected chi connectivity index (χ0v) is 13.7. The second-order valence-electron chi connectivity index (χ2n) is 5.38. The third-order valence-corrected chi connectivity index (χ3v) is 4.01. The Morgan fingerprint density at radius 2 is 2.30 bits per heavy atom. The van der Waals surface area contributed by atoms with E-state index in [1.807, 2.05) is 25.1 Å². The number of pyridine rings is 1. The van der Waals surface area contributed by atoms with Gasteiger partial charge in [-0.1, -0.05) is 0 Å². The second kappa shape index (κ2) is 6.54. The first-order chi connectivity index (χ1) is 9.49. The van der Waals surface area contributed by atoms with Crippen LogP contribution in [-0.4, -0.2) is 43.6 Å². The molecule has 110 valence electrons. The lowest BCUT2D eigenvalue weighted by Crippen LogP contribution is -2.52. The van der Waals surface area contributed by atoms with Crippen LogP contribution >= 0.6 is 15.9 Å². The first-order valence-corrected chi connectivity index (χ1v) is 7.65. The molecule has 1 saturated heterocycles. The molecule has 20 heavy (non-hydrogen) atoms. The quantitative estimate of drug-likeness (QED) is 0.880. The molecule has 2 rings (SSSR count). The van der Waals surface area contributed by atoms with E-state index in [-0.39, 0.29) is 11.9 Å². The molecule has 0 spiro atoms. The van der Waals surface area contributed by atoms with Crippen molar-refractivity contribution in [2.24, 2.45) is 0 Å². The Morgan fingerprint density at radius 3 is 2.95 bits per heavy atom. The fourth-order valence-corrected chi connectivity index (χ4v) is 2.77. The summed E-state index contributed by atoms with van der Waals surface area (Å²) in [5.74, 6) is 0.616. The molecule has 0 aromatic carbocycles. The molecule has 2 heterocycles.